The summed E-state index contributed by atoms with van der Waals surface area (Å²) in [4.78, 5) is 8.32. The van der Waals surface area contributed by atoms with Gasteiger partial charge in [0, 0.05) is 18.4 Å². The molecule has 0 amide bonds. The average Bonchev–Trinajstić information content (AvgIpc) is 2.76. The van der Waals surface area contributed by atoms with E-state index in [9.17, 15) is 0 Å². The molecule has 0 radical (unpaired) electrons. The highest BCUT2D eigenvalue weighted by Crippen LogP contribution is 2.25. The first-order chi connectivity index (χ1) is 9.03. The van der Waals surface area contributed by atoms with Crippen molar-refractivity contribution in [2.24, 2.45) is 0 Å². The molecule has 5 heteroatoms. The Kier molecular flexibility index (Phi) is 3.85. The Labute approximate surface area is 113 Å². The van der Waals surface area contributed by atoms with E-state index >= 15 is 0 Å². The minimum Gasteiger partial charge on any atom is -0.383 e. The fraction of sp³-hybridized carbons (Fsp3) is 0.429. The van der Waals surface area contributed by atoms with Crippen molar-refractivity contribution in [1.29, 1.82) is 0 Å². The smallest absolute Gasteiger partial charge is 0.132 e. The van der Waals surface area contributed by atoms with E-state index in [0.29, 0.717) is 19.0 Å². The molecule has 0 aliphatic heterocycles. The highest BCUT2D eigenvalue weighted by Gasteiger charge is 2.20. The summed E-state index contributed by atoms with van der Waals surface area (Å²) in [6.07, 6.45) is 5.28. The van der Waals surface area contributed by atoms with Crippen molar-refractivity contribution < 1.29 is 4.74 Å². The van der Waals surface area contributed by atoms with Crippen LogP contribution in [0.1, 0.15) is 20.8 Å². The normalized spacial score (nSPS) is 11.7. The number of hydrogen-bond donors (Lipinski definition) is 1. The number of aromatic nitrogens is 3. The summed E-state index contributed by atoms with van der Waals surface area (Å²) in [5, 5.41) is 0. The summed E-state index contributed by atoms with van der Waals surface area (Å²) < 4.78 is 7.77. The Balaban J connectivity index is 2.31. The standard InChI is InChI=1S/C14H20N4O/c1-4-19-14(2,3)9-18-10-16-8-12(18)11-6-5-7-17-13(11)15/h5-8,10H,4,9H2,1-3H3,(H2,15,17). The highest BCUT2D eigenvalue weighted by molar-refractivity contribution is 5.70. The minimum atomic E-state index is -0.249. The Bertz CT molecular complexity index is 548. The van der Waals surface area contributed by atoms with Gasteiger partial charge in [-0.2, -0.15) is 0 Å². The van der Waals surface area contributed by atoms with Gasteiger partial charge < -0.3 is 15.0 Å². The average molecular weight is 260 g/mol. The Morgan fingerprint density at radius 1 is 1.42 bits per heavy atom. The fourth-order valence-electron chi connectivity index (χ4n) is 2.15. The molecule has 0 aliphatic rings. The van der Waals surface area contributed by atoms with Gasteiger partial charge in [-0.1, -0.05) is 0 Å². The van der Waals surface area contributed by atoms with Crippen LogP contribution >= 0.6 is 0 Å². The second kappa shape index (κ2) is 5.40. The first kappa shape index (κ1) is 13.5. The van der Waals surface area contributed by atoms with Crippen molar-refractivity contribution >= 4 is 5.82 Å². The lowest BCUT2D eigenvalue weighted by molar-refractivity contribution is -0.0221. The molecule has 2 aromatic rings. The molecule has 5 nitrogen and oxygen atoms in total. The van der Waals surface area contributed by atoms with E-state index in [-0.39, 0.29) is 5.60 Å². The van der Waals surface area contributed by atoms with E-state index in [1.807, 2.05) is 23.6 Å². The molecule has 102 valence electrons. The Hall–Kier alpha value is -1.88. The molecule has 0 unspecified atom stereocenters. The lowest BCUT2D eigenvalue weighted by Gasteiger charge is -2.26. The summed E-state index contributed by atoms with van der Waals surface area (Å²) in [5.41, 5.74) is 7.52. The third-order valence-corrected chi connectivity index (χ3v) is 2.91. The second-order valence-electron chi connectivity index (χ2n) is 5.04. The van der Waals surface area contributed by atoms with Crippen molar-refractivity contribution in [3.05, 3.63) is 30.9 Å². The van der Waals surface area contributed by atoms with Gasteiger partial charge in [0.1, 0.15) is 5.82 Å². The number of nitrogens with two attached hydrogens (primary N) is 1. The van der Waals surface area contributed by atoms with Gasteiger partial charge in [0.15, 0.2) is 0 Å². The van der Waals surface area contributed by atoms with Gasteiger partial charge >= 0.3 is 0 Å². The number of hydrogen-bond acceptors (Lipinski definition) is 4. The molecule has 0 atom stereocenters. The predicted molar refractivity (Wildman–Crippen MR) is 75.6 cm³/mol. The number of imidazole rings is 1. The van der Waals surface area contributed by atoms with Crippen molar-refractivity contribution in [2.75, 3.05) is 12.3 Å². The van der Waals surface area contributed by atoms with Crippen LogP contribution in [0.3, 0.4) is 0 Å². The number of pyridine rings is 1. The number of ether oxygens (including phenoxy) is 1. The summed E-state index contributed by atoms with van der Waals surface area (Å²) in [7, 11) is 0. The van der Waals surface area contributed by atoms with Gasteiger partial charge in [0.25, 0.3) is 0 Å². The molecular weight excluding hydrogens is 240 g/mol. The maximum atomic E-state index is 5.92. The molecular formula is C14H20N4O. The van der Waals surface area contributed by atoms with Crippen LogP contribution in [0.5, 0.6) is 0 Å². The van der Waals surface area contributed by atoms with Crippen LogP contribution in [0.25, 0.3) is 11.3 Å². The molecule has 0 saturated heterocycles. The topological polar surface area (TPSA) is 66.0 Å². The molecule has 2 N–H and O–H groups in total. The third kappa shape index (κ3) is 3.12. The summed E-state index contributed by atoms with van der Waals surface area (Å²) in [6, 6.07) is 3.82. The number of rotatable bonds is 5. The van der Waals surface area contributed by atoms with E-state index in [1.54, 1.807) is 18.7 Å². The Morgan fingerprint density at radius 2 is 2.21 bits per heavy atom. The molecule has 19 heavy (non-hydrogen) atoms. The highest BCUT2D eigenvalue weighted by atomic mass is 16.5. The molecule has 0 bridgehead atoms. The van der Waals surface area contributed by atoms with Gasteiger partial charge in [-0.3, -0.25) is 0 Å². The quantitative estimate of drug-likeness (QED) is 0.896. The SMILES string of the molecule is CCOC(C)(C)Cn1cncc1-c1cccnc1N. The monoisotopic (exact) mass is 260 g/mol. The number of nitrogen functional groups attached to an aromatic ring is 1. The van der Waals surface area contributed by atoms with Crippen molar-refractivity contribution in [3.8, 4) is 11.3 Å². The van der Waals surface area contributed by atoms with Crippen molar-refractivity contribution in [1.82, 2.24) is 14.5 Å². The summed E-state index contributed by atoms with van der Waals surface area (Å²) in [6.45, 7) is 7.52. The van der Waals surface area contributed by atoms with E-state index in [4.69, 9.17) is 10.5 Å². The molecule has 0 spiro atoms. The van der Waals surface area contributed by atoms with E-state index in [0.717, 1.165) is 11.3 Å². The Morgan fingerprint density at radius 3 is 2.89 bits per heavy atom. The fourth-order valence-corrected chi connectivity index (χ4v) is 2.15. The maximum Gasteiger partial charge on any atom is 0.132 e. The molecule has 0 saturated carbocycles. The molecule has 2 aromatic heterocycles. The van der Waals surface area contributed by atoms with Crippen LogP contribution in [0.15, 0.2) is 30.9 Å². The van der Waals surface area contributed by atoms with Crippen LogP contribution in [0.4, 0.5) is 5.82 Å². The summed E-state index contributed by atoms with van der Waals surface area (Å²) in [5.74, 6) is 0.512. The first-order valence-electron chi connectivity index (χ1n) is 6.38. The lowest BCUT2D eigenvalue weighted by Crippen LogP contribution is -2.30. The number of anilines is 1. The first-order valence-corrected chi connectivity index (χ1v) is 6.38. The minimum absolute atomic E-state index is 0.249. The van der Waals surface area contributed by atoms with E-state index < -0.39 is 0 Å². The molecule has 0 fully saturated rings. The van der Waals surface area contributed by atoms with E-state index in [1.165, 1.54) is 0 Å². The van der Waals surface area contributed by atoms with Gasteiger partial charge in [-0.05, 0) is 32.9 Å². The zero-order valence-electron chi connectivity index (χ0n) is 11.6. The van der Waals surface area contributed by atoms with Crippen molar-refractivity contribution in [2.45, 2.75) is 32.9 Å². The van der Waals surface area contributed by atoms with Gasteiger partial charge in [0.05, 0.1) is 30.4 Å². The number of nitrogens with zero attached hydrogens (tertiary/aromatic N) is 3. The van der Waals surface area contributed by atoms with Crippen LogP contribution in [-0.4, -0.2) is 26.7 Å². The molecule has 2 rings (SSSR count). The largest absolute Gasteiger partial charge is 0.383 e. The van der Waals surface area contributed by atoms with Gasteiger partial charge in [0.2, 0.25) is 0 Å². The molecule has 2 heterocycles. The van der Waals surface area contributed by atoms with Crippen LogP contribution in [-0.2, 0) is 11.3 Å². The van der Waals surface area contributed by atoms with Gasteiger partial charge in [-0.15, -0.1) is 0 Å². The zero-order valence-corrected chi connectivity index (χ0v) is 11.6. The maximum absolute atomic E-state index is 5.92. The van der Waals surface area contributed by atoms with Gasteiger partial charge in [-0.25, -0.2) is 9.97 Å². The van der Waals surface area contributed by atoms with E-state index in [2.05, 4.69) is 23.8 Å². The third-order valence-electron chi connectivity index (χ3n) is 2.91. The predicted octanol–water partition coefficient (Wildman–Crippen LogP) is 2.34. The molecule has 0 aliphatic carbocycles. The second-order valence-corrected chi connectivity index (χ2v) is 5.04. The van der Waals surface area contributed by atoms with Crippen LogP contribution < -0.4 is 5.73 Å². The summed E-state index contributed by atoms with van der Waals surface area (Å²) >= 11 is 0. The zero-order chi connectivity index (χ0) is 13.9. The van der Waals surface area contributed by atoms with Crippen LogP contribution in [0, 0.1) is 0 Å². The van der Waals surface area contributed by atoms with Crippen molar-refractivity contribution in [3.63, 3.8) is 0 Å². The molecule has 0 aromatic carbocycles. The lowest BCUT2D eigenvalue weighted by atomic mass is 10.1. The van der Waals surface area contributed by atoms with Crippen LogP contribution in [0.2, 0.25) is 0 Å².